The summed E-state index contributed by atoms with van der Waals surface area (Å²) in [5.41, 5.74) is 1.04. The van der Waals surface area contributed by atoms with Gasteiger partial charge in [-0.3, -0.25) is 0 Å². The summed E-state index contributed by atoms with van der Waals surface area (Å²) in [5.74, 6) is -0.246. The van der Waals surface area contributed by atoms with Crippen LogP contribution in [-0.2, 0) is 0 Å². The van der Waals surface area contributed by atoms with Gasteiger partial charge in [-0.1, -0.05) is 30.3 Å². The van der Waals surface area contributed by atoms with Crippen LogP contribution in [0.2, 0.25) is 0 Å². The van der Waals surface area contributed by atoms with Gasteiger partial charge in [0.1, 0.15) is 0 Å². The Labute approximate surface area is 142 Å². The maximum Gasteiger partial charge on any atom is 0.586 e. The van der Waals surface area contributed by atoms with Crippen molar-refractivity contribution < 1.29 is 28.2 Å². The van der Waals surface area contributed by atoms with Crippen LogP contribution >= 0.6 is 0 Å². The number of amides is 2. The topological polar surface area (TPSA) is 79.8 Å². The van der Waals surface area contributed by atoms with Crippen LogP contribution in [0, 0.1) is 0 Å². The van der Waals surface area contributed by atoms with Crippen molar-refractivity contribution in [2.24, 2.45) is 0 Å². The molecule has 0 spiro atoms. The van der Waals surface area contributed by atoms with E-state index in [4.69, 9.17) is 0 Å². The number of nitrogens with one attached hydrogen (secondary N) is 2. The molecule has 0 fully saturated rings. The molecule has 2 amide bonds. The SMILES string of the molecule is O=C(NCC[C@H](O)c1ccccc1)Nc1ccc2c(c1)OC(F)(F)O2. The number of fused-ring (bicyclic) bond motifs is 1. The van der Waals surface area contributed by atoms with Crippen LogP contribution in [0.4, 0.5) is 19.3 Å². The fraction of sp³-hybridized carbons (Fsp3) is 0.235. The van der Waals surface area contributed by atoms with Crippen molar-refractivity contribution in [2.75, 3.05) is 11.9 Å². The van der Waals surface area contributed by atoms with Crippen molar-refractivity contribution in [3.05, 3.63) is 54.1 Å². The number of carbonyl (C=O) groups excluding carboxylic acids is 1. The lowest BCUT2D eigenvalue weighted by molar-refractivity contribution is -0.286. The summed E-state index contributed by atoms with van der Waals surface area (Å²) in [6.45, 7) is 0.241. The number of aliphatic hydroxyl groups excluding tert-OH is 1. The molecule has 2 aromatic carbocycles. The van der Waals surface area contributed by atoms with Gasteiger partial charge in [-0.25, -0.2) is 4.79 Å². The molecule has 0 saturated carbocycles. The lowest BCUT2D eigenvalue weighted by Crippen LogP contribution is -2.30. The number of benzene rings is 2. The molecule has 0 saturated heterocycles. The second kappa shape index (κ2) is 6.94. The smallest absolute Gasteiger partial charge is 0.395 e. The van der Waals surface area contributed by atoms with Crippen molar-refractivity contribution in [3.8, 4) is 11.5 Å². The average Bonchev–Trinajstić information content (AvgIpc) is 2.88. The number of anilines is 1. The van der Waals surface area contributed by atoms with Gasteiger partial charge in [-0.15, -0.1) is 8.78 Å². The first kappa shape index (κ1) is 17.0. The predicted octanol–water partition coefficient (Wildman–Crippen LogP) is 3.25. The van der Waals surface area contributed by atoms with Gasteiger partial charge >= 0.3 is 12.3 Å². The van der Waals surface area contributed by atoms with Crippen LogP contribution in [0.3, 0.4) is 0 Å². The maximum atomic E-state index is 12.9. The highest BCUT2D eigenvalue weighted by atomic mass is 19.3. The zero-order valence-corrected chi connectivity index (χ0v) is 13.0. The molecule has 2 aromatic rings. The van der Waals surface area contributed by atoms with E-state index in [1.54, 1.807) is 12.1 Å². The Hall–Kier alpha value is -2.87. The highest BCUT2D eigenvalue weighted by molar-refractivity contribution is 5.89. The predicted molar refractivity (Wildman–Crippen MR) is 85.7 cm³/mol. The van der Waals surface area contributed by atoms with E-state index in [-0.39, 0.29) is 23.7 Å². The summed E-state index contributed by atoms with van der Waals surface area (Å²) in [5, 5.41) is 15.1. The summed E-state index contributed by atoms with van der Waals surface area (Å²) in [7, 11) is 0. The van der Waals surface area contributed by atoms with Gasteiger partial charge in [0.2, 0.25) is 0 Å². The molecule has 1 heterocycles. The van der Waals surface area contributed by atoms with Crippen LogP contribution < -0.4 is 20.1 Å². The largest absolute Gasteiger partial charge is 0.586 e. The number of carbonyl (C=O) groups is 1. The molecule has 6 nitrogen and oxygen atoms in total. The number of hydrogen-bond acceptors (Lipinski definition) is 4. The van der Waals surface area contributed by atoms with Gasteiger partial charge in [0.15, 0.2) is 11.5 Å². The number of halogens is 2. The minimum absolute atomic E-state index is 0.0954. The van der Waals surface area contributed by atoms with Crippen molar-refractivity contribution in [2.45, 2.75) is 18.8 Å². The Balaban J connectivity index is 1.47. The summed E-state index contributed by atoms with van der Waals surface area (Å²) in [4.78, 5) is 11.8. The molecule has 0 aliphatic carbocycles. The number of alkyl halides is 2. The number of aliphatic hydroxyl groups is 1. The van der Waals surface area contributed by atoms with Gasteiger partial charge < -0.3 is 25.2 Å². The van der Waals surface area contributed by atoms with Crippen molar-refractivity contribution in [1.82, 2.24) is 5.32 Å². The molecular formula is C17H16F2N2O4. The third kappa shape index (κ3) is 4.36. The van der Waals surface area contributed by atoms with E-state index >= 15 is 0 Å². The van der Waals surface area contributed by atoms with Crippen LogP contribution in [-0.4, -0.2) is 24.0 Å². The highest BCUT2D eigenvalue weighted by Crippen LogP contribution is 2.42. The molecule has 3 N–H and O–H groups in total. The normalized spacial score (nSPS) is 15.5. The summed E-state index contributed by atoms with van der Waals surface area (Å²) < 4.78 is 34.5. The number of rotatable bonds is 5. The molecule has 3 rings (SSSR count). The lowest BCUT2D eigenvalue weighted by atomic mass is 10.1. The Morgan fingerprint density at radius 2 is 1.84 bits per heavy atom. The minimum atomic E-state index is -3.70. The molecule has 1 aliphatic heterocycles. The van der Waals surface area contributed by atoms with Crippen LogP contribution in [0.25, 0.3) is 0 Å². The minimum Gasteiger partial charge on any atom is -0.395 e. The third-order valence-corrected chi connectivity index (χ3v) is 3.55. The molecule has 0 bridgehead atoms. The van der Waals surface area contributed by atoms with E-state index in [9.17, 15) is 18.7 Å². The average molecular weight is 350 g/mol. The third-order valence-electron chi connectivity index (χ3n) is 3.55. The number of ether oxygens (including phenoxy) is 2. The van der Waals surface area contributed by atoms with Gasteiger partial charge in [0.25, 0.3) is 0 Å². The van der Waals surface area contributed by atoms with Crippen molar-refractivity contribution in [1.29, 1.82) is 0 Å². The fourth-order valence-electron chi connectivity index (χ4n) is 2.37. The van der Waals surface area contributed by atoms with E-state index in [0.29, 0.717) is 6.42 Å². The molecular weight excluding hydrogens is 334 g/mol. The first-order valence-corrected chi connectivity index (χ1v) is 7.61. The Morgan fingerprint density at radius 1 is 1.12 bits per heavy atom. The zero-order valence-electron chi connectivity index (χ0n) is 13.0. The van der Waals surface area contributed by atoms with Crippen LogP contribution in [0.5, 0.6) is 11.5 Å². The van der Waals surface area contributed by atoms with Gasteiger partial charge in [0.05, 0.1) is 6.10 Å². The summed E-state index contributed by atoms with van der Waals surface area (Å²) in [6, 6.07) is 12.5. The van der Waals surface area contributed by atoms with Crippen molar-refractivity contribution >= 4 is 11.7 Å². The number of hydrogen-bond donors (Lipinski definition) is 3. The summed E-state index contributed by atoms with van der Waals surface area (Å²) in [6.07, 6.45) is -4.05. The fourth-order valence-corrected chi connectivity index (χ4v) is 2.37. The van der Waals surface area contributed by atoms with E-state index in [1.807, 2.05) is 18.2 Å². The lowest BCUT2D eigenvalue weighted by Gasteiger charge is -2.12. The molecule has 0 radical (unpaired) electrons. The quantitative estimate of drug-likeness (QED) is 0.773. The Kier molecular flexibility index (Phi) is 4.71. The number of urea groups is 1. The first-order valence-electron chi connectivity index (χ1n) is 7.61. The monoisotopic (exact) mass is 350 g/mol. The van der Waals surface area contributed by atoms with Crippen LogP contribution in [0.15, 0.2) is 48.5 Å². The molecule has 132 valence electrons. The molecule has 0 aromatic heterocycles. The van der Waals surface area contributed by atoms with Gasteiger partial charge in [0, 0.05) is 18.3 Å². The second-order valence-corrected chi connectivity index (χ2v) is 5.43. The Morgan fingerprint density at radius 3 is 2.60 bits per heavy atom. The second-order valence-electron chi connectivity index (χ2n) is 5.43. The van der Waals surface area contributed by atoms with E-state index in [2.05, 4.69) is 20.1 Å². The molecule has 1 atom stereocenters. The highest BCUT2D eigenvalue weighted by Gasteiger charge is 2.43. The maximum absolute atomic E-state index is 12.9. The molecule has 25 heavy (non-hydrogen) atoms. The zero-order chi connectivity index (χ0) is 17.9. The van der Waals surface area contributed by atoms with E-state index < -0.39 is 18.4 Å². The van der Waals surface area contributed by atoms with E-state index in [0.717, 1.165) is 5.56 Å². The molecule has 1 aliphatic rings. The van der Waals surface area contributed by atoms with Crippen molar-refractivity contribution in [3.63, 3.8) is 0 Å². The molecule has 0 unspecified atom stereocenters. The molecule has 8 heteroatoms. The standard InChI is InChI=1S/C17H16F2N2O4/c18-17(19)24-14-7-6-12(10-15(14)25-17)21-16(23)20-9-8-13(22)11-4-2-1-3-5-11/h1-7,10,13,22H,8-9H2,(H2,20,21,23)/t13-/m0/s1. The summed E-state index contributed by atoms with van der Waals surface area (Å²) >= 11 is 0. The van der Waals surface area contributed by atoms with Crippen LogP contribution in [0.1, 0.15) is 18.1 Å². The Bertz CT molecular complexity index is 756. The first-order chi connectivity index (χ1) is 11.9. The van der Waals surface area contributed by atoms with Gasteiger partial charge in [-0.05, 0) is 24.1 Å². The van der Waals surface area contributed by atoms with E-state index in [1.165, 1.54) is 18.2 Å². The van der Waals surface area contributed by atoms with Gasteiger partial charge in [-0.2, -0.15) is 0 Å².